The molecule has 0 radical (unpaired) electrons. The molecule has 0 unspecified atom stereocenters. The maximum atomic E-state index is 11.8. The maximum Gasteiger partial charge on any atom is 0.224 e. The van der Waals surface area contributed by atoms with Crippen LogP contribution in [0.2, 0.25) is 0 Å². The molecule has 0 atom stereocenters. The minimum absolute atomic E-state index is 0.0471. The third kappa shape index (κ3) is 5.23. The number of hydrogen-bond donors (Lipinski definition) is 1. The minimum Gasteiger partial charge on any atom is -0.497 e. The van der Waals surface area contributed by atoms with Gasteiger partial charge in [0.05, 0.1) is 13.5 Å². The molecule has 0 bridgehead atoms. The second-order valence-electron chi connectivity index (χ2n) is 4.75. The number of rotatable bonds is 6. The molecule has 0 heterocycles. The van der Waals surface area contributed by atoms with Crippen LogP contribution in [-0.2, 0) is 17.6 Å². The zero-order valence-electron chi connectivity index (χ0n) is 11.9. The lowest BCUT2D eigenvalue weighted by molar-refractivity contribution is -0.120. The van der Waals surface area contributed by atoms with Gasteiger partial charge in [0.15, 0.2) is 0 Å². The van der Waals surface area contributed by atoms with Crippen molar-refractivity contribution >= 4 is 21.8 Å². The van der Waals surface area contributed by atoms with Crippen LogP contribution in [0.1, 0.15) is 11.1 Å². The molecular formula is C17H18BrNO2. The van der Waals surface area contributed by atoms with Gasteiger partial charge in [0, 0.05) is 11.0 Å². The number of ether oxygens (including phenoxy) is 1. The molecule has 0 saturated heterocycles. The van der Waals surface area contributed by atoms with E-state index in [-0.39, 0.29) is 5.91 Å². The molecule has 2 rings (SSSR count). The average molecular weight is 348 g/mol. The molecule has 0 aliphatic carbocycles. The maximum absolute atomic E-state index is 11.8. The number of amides is 1. The highest BCUT2D eigenvalue weighted by atomic mass is 79.9. The van der Waals surface area contributed by atoms with Crippen molar-refractivity contribution in [2.45, 2.75) is 12.8 Å². The fourth-order valence-corrected chi connectivity index (χ4v) is 2.25. The van der Waals surface area contributed by atoms with Gasteiger partial charge in [-0.25, -0.2) is 0 Å². The van der Waals surface area contributed by atoms with Gasteiger partial charge < -0.3 is 10.1 Å². The van der Waals surface area contributed by atoms with Crippen molar-refractivity contribution in [3.63, 3.8) is 0 Å². The second kappa shape index (κ2) is 7.84. The van der Waals surface area contributed by atoms with Crippen molar-refractivity contribution in [3.05, 3.63) is 64.1 Å². The van der Waals surface area contributed by atoms with Crippen LogP contribution in [0.15, 0.2) is 53.0 Å². The molecule has 0 fully saturated rings. The lowest BCUT2D eigenvalue weighted by Crippen LogP contribution is -2.27. The Bertz CT molecular complexity index is 579. The van der Waals surface area contributed by atoms with Crippen LogP contribution in [0.4, 0.5) is 0 Å². The van der Waals surface area contributed by atoms with E-state index in [2.05, 4.69) is 21.2 Å². The van der Waals surface area contributed by atoms with E-state index in [9.17, 15) is 4.79 Å². The lowest BCUT2D eigenvalue weighted by atomic mass is 10.1. The van der Waals surface area contributed by atoms with Crippen molar-refractivity contribution in [1.82, 2.24) is 5.32 Å². The van der Waals surface area contributed by atoms with Crippen LogP contribution >= 0.6 is 15.9 Å². The molecule has 3 nitrogen and oxygen atoms in total. The first-order valence-electron chi connectivity index (χ1n) is 6.81. The predicted octanol–water partition coefficient (Wildman–Crippen LogP) is 3.36. The molecule has 0 saturated carbocycles. The van der Waals surface area contributed by atoms with Gasteiger partial charge in [-0.15, -0.1) is 0 Å². The zero-order valence-corrected chi connectivity index (χ0v) is 13.5. The Morgan fingerprint density at radius 2 is 1.67 bits per heavy atom. The summed E-state index contributed by atoms with van der Waals surface area (Å²) in [5.74, 6) is 0.892. The fraction of sp³-hybridized carbons (Fsp3) is 0.235. The summed E-state index contributed by atoms with van der Waals surface area (Å²) < 4.78 is 6.13. The summed E-state index contributed by atoms with van der Waals surface area (Å²) in [5.41, 5.74) is 2.19. The van der Waals surface area contributed by atoms with Gasteiger partial charge in [-0.05, 0) is 41.8 Å². The smallest absolute Gasteiger partial charge is 0.224 e. The average Bonchev–Trinajstić information content (AvgIpc) is 2.50. The number of carbonyl (C=O) groups excluding carboxylic acids is 1. The number of carbonyl (C=O) groups is 1. The number of methoxy groups -OCH3 is 1. The second-order valence-corrected chi connectivity index (χ2v) is 5.67. The van der Waals surface area contributed by atoms with Crippen LogP contribution in [0.5, 0.6) is 5.75 Å². The zero-order chi connectivity index (χ0) is 15.1. The van der Waals surface area contributed by atoms with Gasteiger partial charge >= 0.3 is 0 Å². The fourth-order valence-electron chi connectivity index (χ4n) is 1.99. The van der Waals surface area contributed by atoms with E-state index < -0.39 is 0 Å². The van der Waals surface area contributed by atoms with Crippen LogP contribution in [-0.4, -0.2) is 19.6 Å². The quantitative estimate of drug-likeness (QED) is 0.869. The number of halogens is 1. The molecule has 1 amide bonds. The van der Waals surface area contributed by atoms with Gasteiger partial charge in [-0.2, -0.15) is 0 Å². The first kappa shape index (κ1) is 15.6. The molecule has 4 heteroatoms. The number of hydrogen-bond acceptors (Lipinski definition) is 2. The Hall–Kier alpha value is -1.81. The Morgan fingerprint density at radius 3 is 2.29 bits per heavy atom. The summed E-state index contributed by atoms with van der Waals surface area (Å²) in [5, 5.41) is 2.94. The van der Waals surface area contributed by atoms with E-state index >= 15 is 0 Å². The Kier molecular flexibility index (Phi) is 5.81. The van der Waals surface area contributed by atoms with Gasteiger partial charge in [0.25, 0.3) is 0 Å². The highest BCUT2D eigenvalue weighted by molar-refractivity contribution is 9.10. The van der Waals surface area contributed by atoms with E-state index in [1.807, 2.05) is 48.5 Å². The van der Waals surface area contributed by atoms with Gasteiger partial charge in [0.2, 0.25) is 5.91 Å². The van der Waals surface area contributed by atoms with Crippen molar-refractivity contribution < 1.29 is 9.53 Å². The Morgan fingerprint density at radius 1 is 1.05 bits per heavy atom. The molecule has 0 aliphatic heterocycles. The van der Waals surface area contributed by atoms with Crippen molar-refractivity contribution in [1.29, 1.82) is 0 Å². The summed E-state index contributed by atoms with van der Waals surface area (Å²) in [6.07, 6.45) is 1.23. The molecule has 21 heavy (non-hydrogen) atoms. The summed E-state index contributed by atoms with van der Waals surface area (Å²) in [7, 11) is 1.65. The Labute approximate surface area is 133 Å². The highest BCUT2D eigenvalue weighted by Crippen LogP contribution is 2.12. The van der Waals surface area contributed by atoms with E-state index in [1.54, 1.807) is 7.11 Å². The summed E-state index contributed by atoms with van der Waals surface area (Å²) in [4.78, 5) is 11.8. The molecule has 0 aromatic heterocycles. The van der Waals surface area contributed by atoms with Crippen molar-refractivity contribution in [2.75, 3.05) is 13.7 Å². The summed E-state index contributed by atoms with van der Waals surface area (Å²) in [6, 6.07) is 15.7. The minimum atomic E-state index is 0.0471. The lowest BCUT2D eigenvalue weighted by Gasteiger charge is -2.06. The topological polar surface area (TPSA) is 38.3 Å². The summed E-state index contributed by atoms with van der Waals surface area (Å²) in [6.45, 7) is 0.641. The van der Waals surface area contributed by atoms with Crippen molar-refractivity contribution in [2.24, 2.45) is 0 Å². The molecular weight excluding hydrogens is 330 g/mol. The SMILES string of the molecule is COc1ccc(CCNC(=O)Cc2ccc(Br)cc2)cc1. The standard InChI is InChI=1S/C17H18BrNO2/c1-21-16-8-4-13(5-9-16)10-11-19-17(20)12-14-2-6-15(18)7-3-14/h2-9H,10-12H2,1H3,(H,19,20). The largest absolute Gasteiger partial charge is 0.497 e. The van der Waals surface area contributed by atoms with Crippen LogP contribution in [0.25, 0.3) is 0 Å². The van der Waals surface area contributed by atoms with Crippen LogP contribution in [0.3, 0.4) is 0 Å². The van der Waals surface area contributed by atoms with Crippen molar-refractivity contribution in [3.8, 4) is 5.75 Å². The first-order valence-corrected chi connectivity index (χ1v) is 7.61. The highest BCUT2D eigenvalue weighted by Gasteiger charge is 2.03. The monoisotopic (exact) mass is 347 g/mol. The Balaban J connectivity index is 1.74. The van der Waals surface area contributed by atoms with Gasteiger partial charge in [-0.1, -0.05) is 40.2 Å². The van der Waals surface area contributed by atoms with E-state index in [0.717, 1.165) is 22.2 Å². The van der Waals surface area contributed by atoms with Gasteiger partial charge in [-0.3, -0.25) is 4.79 Å². The predicted molar refractivity (Wildman–Crippen MR) is 87.6 cm³/mol. The molecule has 0 aliphatic rings. The first-order chi connectivity index (χ1) is 10.2. The molecule has 2 aromatic carbocycles. The van der Waals surface area contributed by atoms with E-state index in [0.29, 0.717) is 13.0 Å². The normalized spacial score (nSPS) is 10.2. The number of benzene rings is 2. The third-order valence-electron chi connectivity index (χ3n) is 3.17. The molecule has 1 N–H and O–H groups in total. The molecule has 110 valence electrons. The van der Waals surface area contributed by atoms with E-state index in [1.165, 1.54) is 5.56 Å². The van der Waals surface area contributed by atoms with Gasteiger partial charge in [0.1, 0.15) is 5.75 Å². The number of nitrogens with one attached hydrogen (secondary N) is 1. The van der Waals surface area contributed by atoms with E-state index in [4.69, 9.17) is 4.74 Å². The molecule has 2 aromatic rings. The van der Waals surface area contributed by atoms with Crippen LogP contribution < -0.4 is 10.1 Å². The van der Waals surface area contributed by atoms with Crippen LogP contribution in [0, 0.1) is 0 Å². The third-order valence-corrected chi connectivity index (χ3v) is 3.70. The molecule has 0 spiro atoms. The summed E-state index contributed by atoms with van der Waals surface area (Å²) >= 11 is 3.38.